The number of piperazine rings is 1. The first kappa shape index (κ1) is 16.1. The van der Waals surface area contributed by atoms with Crippen LogP contribution in [0.5, 0.6) is 0 Å². The lowest BCUT2D eigenvalue weighted by atomic mass is 9.93. The fraction of sp³-hybridized carbons (Fsp3) is 0.778. The summed E-state index contributed by atoms with van der Waals surface area (Å²) < 4.78 is 1.42. The van der Waals surface area contributed by atoms with Gasteiger partial charge in [-0.3, -0.25) is 14.6 Å². The zero-order valence-electron chi connectivity index (χ0n) is 14.7. The molecule has 0 unspecified atom stereocenters. The molecular formula is C18H29N5O. The second kappa shape index (κ2) is 6.84. The van der Waals surface area contributed by atoms with Crippen molar-refractivity contribution in [2.75, 3.05) is 44.2 Å². The topological polar surface area (TPSA) is 44.6 Å². The van der Waals surface area contributed by atoms with Crippen molar-refractivity contribution in [3.05, 3.63) is 22.5 Å². The summed E-state index contributed by atoms with van der Waals surface area (Å²) in [5.74, 6) is 0.925. The van der Waals surface area contributed by atoms with Crippen LogP contribution >= 0.6 is 0 Å². The molecule has 2 aliphatic heterocycles. The molecule has 1 saturated carbocycles. The summed E-state index contributed by atoms with van der Waals surface area (Å²) in [5.41, 5.74) is -0.0466. The smallest absolute Gasteiger partial charge is 0.266 e. The molecule has 0 amide bonds. The van der Waals surface area contributed by atoms with Gasteiger partial charge in [-0.15, -0.1) is 0 Å². The minimum atomic E-state index is -0.0466. The minimum absolute atomic E-state index is 0.0466. The molecule has 1 aliphatic carbocycles. The molecule has 3 heterocycles. The van der Waals surface area contributed by atoms with E-state index in [1.165, 1.54) is 63.0 Å². The van der Waals surface area contributed by atoms with Crippen LogP contribution in [0.3, 0.4) is 0 Å². The molecule has 4 rings (SSSR count). The van der Waals surface area contributed by atoms with Crippen molar-refractivity contribution < 1.29 is 0 Å². The van der Waals surface area contributed by atoms with E-state index in [0.29, 0.717) is 6.04 Å². The lowest BCUT2D eigenvalue weighted by Crippen LogP contribution is -2.64. The normalized spacial score (nSPS) is 25.0. The quantitative estimate of drug-likeness (QED) is 0.824. The van der Waals surface area contributed by atoms with Crippen LogP contribution < -0.4 is 10.5 Å². The Labute approximate surface area is 144 Å². The Balaban J connectivity index is 1.26. The summed E-state index contributed by atoms with van der Waals surface area (Å²) in [6.07, 6.45) is 7.11. The molecule has 1 aromatic heterocycles. The van der Waals surface area contributed by atoms with Gasteiger partial charge in [0.25, 0.3) is 5.56 Å². The lowest BCUT2D eigenvalue weighted by Gasteiger charge is -2.49. The number of hydrogen-bond donors (Lipinski definition) is 0. The maximum Gasteiger partial charge on any atom is 0.266 e. The summed E-state index contributed by atoms with van der Waals surface area (Å²) in [6, 6.07) is 4.96. The van der Waals surface area contributed by atoms with Crippen molar-refractivity contribution >= 4 is 5.82 Å². The Kier molecular flexibility index (Phi) is 4.59. The Bertz CT molecular complexity index is 610. The summed E-state index contributed by atoms with van der Waals surface area (Å²) in [6.45, 7) is 6.95. The Morgan fingerprint density at radius 2 is 1.54 bits per heavy atom. The van der Waals surface area contributed by atoms with E-state index in [1.807, 2.05) is 6.07 Å². The number of anilines is 1. The molecule has 0 radical (unpaired) electrons. The molecule has 132 valence electrons. The van der Waals surface area contributed by atoms with E-state index in [9.17, 15) is 4.79 Å². The Hall–Kier alpha value is -1.40. The standard InChI is InChI=1S/C18H29N5O/c1-20-18(24)8-7-17(19-20)23-13-16(14-23)22-11-9-21(10-12-22)15-5-3-2-4-6-15/h7-8,15-16H,2-6,9-14H2,1H3. The van der Waals surface area contributed by atoms with E-state index in [2.05, 4.69) is 19.8 Å². The number of rotatable bonds is 3. The molecule has 0 aromatic carbocycles. The predicted octanol–water partition coefficient (Wildman–Crippen LogP) is 0.919. The van der Waals surface area contributed by atoms with Gasteiger partial charge in [0.2, 0.25) is 0 Å². The van der Waals surface area contributed by atoms with Crippen LogP contribution in [0.25, 0.3) is 0 Å². The van der Waals surface area contributed by atoms with Gasteiger partial charge in [0, 0.05) is 64.5 Å². The van der Waals surface area contributed by atoms with Gasteiger partial charge in [0.1, 0.15) is 5.82 Å². The van der Waals surface area contributed by atoms with E-state index in [4.69, 9.17) is 0 Å². The average Bonchev–Trinajstić information content (AvgIpc) is 2.58. The summed E-state index contributed by atoms with van der Waals surface area (Å²) >= 11 is 0. The van der Waals surface area contributed by atoms with Gasteiger partial charge in [0.15, 0.2) is 0 Å². The van der Waals surface area contributed by atoms with E-state index in [-0.39, 0.29) is 5.56 Å². The van der Waals surface area contributed by atoms with Gasteiger partial charge in [-0.1, -0.05) is 19.3 Å². The van der Waals surface area contributed by atoms with Crippen LogP contribution in [-0.2, 0) is 7.05 Å². The van der Waals surface area contributed by atoms with Gasteiger partial charge in [-0.05, 0) is 18.9 Å². The average molecular weight is 331 g/mol. The molecule has 24 heavy (non-hydrogen) atoms. The lowest BCUT2D eigenvalue weighted by molar-refractivity contribution is 0.0486. The highest BCUT2D eigenvalue weighted by atomic mass is 16.1. The van der Waals surface area contributed by atoms with Crippen molar-refractivity contribution in [1.82, 2.24) is 19.6 Å². The number of aryl methyl sites for hydroxylation is 1. The van der Waals surface area contributed by atoms with Crippen LogP contribution in [0.1, 0.15) is 32.1 Å². The largest absolute Gasteiger partial charge is 0.352 e. The molecule has 2 saturated heterocycles. The SMILES string of the molecule is Cn1nc(N2CC(N3CCN(C4CCCCC4)CC3)C2)ccc1=O. The highest BCUT2D eigenvalue weighted by molar-refractivity contribution is 5.41. The highest BCUT2D eigenvalue weighted by Crippen LogP contribution is 2.26. The number of nitrogens with zero attached hydrogens (tertiary/aromatic N) is 5. The number of aromatic nitrogens is 2. The van der Waals surface area contributed by atoms with Crippen LogP contribution in [0.2, 0.25) is 0 Å². The first-order valence-electron chi connectivity index (χ1n) is 9.48. The maximum absolute atomic E-state index is 11.4. The molecule has 0 bridgehead atoms. The van der Waals surface area contributed by atoms with Gasteiger partial charge in [-0.25, -0.2) is 4.68 Å². The van der Waals surface area contributed by atoms with Gasteiger partial charge in [-0.2, -0.15) is 5.10 Å². The highest BCUT2D eigenvalue weighted by Gasteiger charge is 2.35. The summed E-state index contributed by atoms with van der Waals surface area (Å²) in [7, 11) is 1.72. The van der Waals surface area contributed by atoms with Crippen molar-refractivity contribution in [3.63, 3.8) is 0 Å². The molecule has 1 aromatic rings. The molecule has 0 atom stereocenters. The molecule has 6 heteroatoms. The van der Waals surface area contributed by atoms with Gasteiger partial charge >= 0.3 is 0 Å². The van der Waals surface area contributed by atoms with Crippen molar-refractivity contribution in [2.45, 2.75) is 44.2 Å². The molecule has 0 spiro atoms. The first-order valence-corrected chi connectivity index (χ1v) is 9.48. The Morgan fingerprint density at radius 3 is 2.17 bits per heavy atom. The molecule has 6 nitrogen and oxygen atoms in total. The summed E-state index contributed by atoms with van der Waals surface area (Å²) in [5, 5.41) is 4.35. The van der Waals surface area contributed by atoms with Crippen LogP contribution in [-0.4, -0.2) is 70.9 Å². The van der Waals surface area contributed by atoms with Crippen molar-refractivity contribution in [3.8, 4) is 0 Å². The summed E-state index contributed by atoms with van der Waals surface area (Å²) in [4.78, 5) is 19.1. The molecular weight excluding hydrogens is 302 g/mol. The maximum atomic E-state index is 11.4. The second-order valence-corrected chi connectivity index (χ2v) is 7.58. The fourth-order valence-electron chi connectivity index (χ4n) is 4.45. The van der Waals surface area contributed by atoms with Crippen molar-refractivity contribution in [1.29, 1.82) is 0 Å². The zero-order valence-corrected chi connectivity index (χ0v) is 14.7. The van der Waals surface area contributed by atoms with E-state index in [1.54, 1.807) is 13.1 Å². The predicted molar refractivity (Wildman–Crippen MR) is 95.5 cm³/mol. The monoisotopic (exact) mass is 331 g/mol. The number of hydrogen-bond acceptors (Lipinski definition) is 5. The van der Waals surface area contributed by atoms with Crippen LogP contribution in [0.15, 0.2) is 16.9 Å². The first-order chi connectivity index (χ1) is 11.7. The fourth-order valence-corrected chi connectivity index (χ4v) is 4.45. The van der Waals surface area contributed by atoms with Gasteiger partial charge < -0.3 is 4.90 Å². The molecule has 3 fully saturated rings. The van der Waals surface area contributed by atoms with Crippen LogP contribution in [0, 0.1) is 0 Å². The third kappa shape index (κ3) is 3.22. The van der Waals surface area contributed by atoms with E-state index >= 15 is 0 Å². The third-order valence-corrected chi connectivity index (χ3v) is 6.09. The zero-order chi connectivity index (χ0) is 16.5. The Morgan fingerprint density at radius 1 is 0.917 bits per heavy atom. The van der Waals surface area contributed by atoms with Crippen LogP contribution in [0.4, 0.5) is 5.82 Å². The van der Waals surface area contributed by atoms with E-state index in [0.717, 1.165) is 24.9 Å². The van der Waals surface area contributed by atoms with Gasteiger partial charge in [0.05, 0.1) is 0 Å². The van der Waals surface area contributed by atoms with E-state index < -0.39 is 0 Å². The van der Waals surface area contributed by atoms with Crippen molar-refractivity contribution in [2.24, 2.45) is 7.05 Å². The second-order valence-electron chi connectivity index (χ2n) is 7.58. The third-order valence-electron chi connectivity index (χ3n) is 6.09. The molecule has 0 N–H and O–H groups in total. The minimum Gasteiger partial charge on any atom is -0.352 e. The molecule has 3 aliphatic rings.